The van der Waals surface area contributed by atoms with Crippen LogP contribution in [0.2, 0.25) is 0 Å². The summed E-state index contributed by atoms with van der Waals surface area (Å²) in [5.74, 6) is 0.280. The highest BCUT2D eigenvalue weighted by atomic mass is 19.1. The summed E-state index contributed by atoms with van der Waals surface area (Å²) in [7, 11) is 1.66. The Morgan fingerprint density at radius 1 is 0.971 bits per heavy atom. The van der Waals surface area contributed by atoms with Gasteiger partial charge in [-0.25, -0.2) is 4.39 Å². The summed E-state index contributed by atoms with van der Waals surface area (Å²) in [5, 5.41) is 0. The van der Waals surface area contributed by atoms with Gasteiger partial charge in [0.05, 0.1) is 19.8 Å². The van der Waals surface area contributed by atoms with Gasteiger partial charge >= 0.3 is 0 Å². The van der Waals surface area contributed by atoms with Crippen LogP contribution in [-0.2, 0) is 11.3 Å². The fourth-order valence-electron chi connectivity index (χ4n) is 4.15. The first-order chi connectivity index (χ1) is 16.5. The highest BCUT2D eigenvalue weighted by Crippen LogP contribution is 2.25. The standard InChI is InChI=1S/C28H31FN2O3/c1-21-9-11-22(12-10-21)20-34-27(23-5-4-8-26(18-23)33-2)19-30-13-15-31(16-14-30)28(32)24-6-3-7-25(29)17-24/h3-12,17-18,27H,13-16,19-20H2,1-2H3/t27-/m1/s1. The number of carbonyl (C=O) groups is 1. The van der Waals surface area contributed by atoms with E-state index in [4.69, 9.17) is 9.47 Å². The van der Waals surface area contributed by atoms with E-state index in [1.165, 1.54) is 17.7 Å². The molecule has 5 nitrogen and oxygen atoms in total. The number of hydrogen-bond acceptors (Lipinski definition) is 4. The molecular formula is C28H31FN2O3. The number of halogens is 1. The van der Waals surface area contributed by atoms with E-state index in [1.807, 2.05) is 18.2 Å². The van der Waals surface area contributed by atoms with Crippen LogP contribution in [0.1, 0.15) is 33.2 Å². The Hall–Kier alpha value is -3.22. The minimum absolute atomic E-state index is 0.126. The summed E-state index contributed by atoms with van der Waals surface area (Å²) >= 11 is 0. The van der Waals surface area contributed by atoms with Gasteiger partial charge in [-0.2, -0.15) is 0 Å². The number of carbonyl (C=O) groups excluding carboxylic acids is 1. The predicted octanol–water partition coefficient (Wildman–Crippen LogP) is 4.86. The molecule has 3 aromatic carbocycles. The molecule has 1 saturated heterocycles. The molecule has 1 atom stereocenters. The normalized spacial score (nSPS) is 15.2. The monoisotopic (exact) mass is 462 g/mol. The Morgan fingerprint density at radius 2 is 1.71 bits per heavy atom. The molecule has 0 unspecified atom stereocenters. The van der Waals surface area contributed by atoms with Crippen LogP contribution in [0.15, 0.2) is 72.8 Å². The zero-order valence-electron chi connectivity index (χ0n) is 19.7. The first-order valence-electron chi connectivity index (χ1n) is 11.6. The highest BCUT2D eigenvalue weighted by molar-refractivity contribution is 5.94. The predicted molar refractivity (Wildman–Crippen MR) is 130 cm³/mol. The average molecular weight is 463 g/mol. The molecule has 1 heterocycles. The van der Waals surface area contributed by atoms with Crippen molar-refractivity contribution < 1.29 is 18.7 Å². The van der Waals surface area contributed by atoms with Crippen molar-refractivity contribution in [3.63, 3.8) is 0 Å². The van der Waals surface area contributed by atoms with Crippen LogP contribution in [0.25, 0.3) is 0 Å². The second-order valence-electron chi connectivity index (χ2n) is 8.67. The molecule has 3 aromatic rings. The number of nitrogens with zero attached hydrogens (tertiary/aromatic N) is 2. The quantitative estimate of drug-likeness (QED) is 0.480. The van der Waals surface area contributed by atoms with E-state index in [0.717, 1.165) is 30.0 Å². The van der Waals surface area contributed by atoms with Crippen LogP contribution in [0.4, 0.5) is 4.39 Å². The summed E-state index contributed by atoms with van der Waals surface area (Å²) in [4.78, 5) is 16.9. The summed E-state index contributed by atoms with van der Waals surface area (Å²) in [6, 6.07) is 22.2. The number of benzene rings is 3. The Morgan fingerprint density at radius 3 is 2.41 bits per heavy atom. The minimum Gasteiger partial charge on any atom is -0.497 e. The maximum Gasteiger partial charge on any atom is 0.254 e. The van der Waals surface area contributed by atoms with Crippen molar-refractivity contribution in [2.24, 2.45) is 0 Å². The fraction of sp³-hybridized carbons (Fsp3) is 0.321. The van der Waals surface area contributed by atoms with E-state index in [2.05, 4.69) is 42.2 Å². The topological polar surface area (TPSA) is 42.0 Å². The van der Waals surface area contributed by atoms with Crippen LogP contribution in [-0.4, -0.2) is 55.5 Å². The van der Waals surface area contributed by atoms with Gasteiger partial charge in [0.15, 0.2) is 0 Å². The molecule has 1 amide bonds. The zero-order valence-corrected chi connectivity index (χ0v) is 19.7. The lowest BCUT2D eigenvalue weighted by molar-refractivity contribution is 0.00333. The van der Waals surface area contributed by atoms with Gasteiger partial charge in [-0.1, -0.05) is 48.0 Å². The lowest BCUT2D eigenvalue weighted by Crippen LogP contribution is -2.49. The Balaban J connectivity index is 1.40. The zero-order chi connectivity index (χ0) is 23.9. The molecule has 1 fully saturated rings. The lowest BCUT2D eigenvalue weighted by atomic mass is 10.1. The van der Waals surface area contributed by atoms with Crippen LogP contribution >= 0.6 is 0 Å². The molecule has 0 saturated carbocycles. The number of methoxy groups -OCH3 is 1. The summed E-state index contributed by atoms with van der Waals surface area (Å²) in [6.45, 7) is 5.95. The summed E-state index contributed by atoms with van der Waals surface area (Å²) in [6.07, 6.45) is -0.137. The second kappa shape index (κ2) is 11.3. The molecule has 0 spiro atoms. The van der Waals surface area contributed by atoms with Crippen molar-refractivity contribution in [3.8, 4) is 5.75 Å². The first kappa shape index (κ1) is 23.9. The van der Waals surface area contributed by atoms with Gasteiger partial charge in [0.2, 0.25) is 0 Å². The smallest absolute Gasteiger partial charge is 0.254 e. The molecule has 0 aromatic heterocycles. The number of aryl methyl sites for hydroxylation is 1. The molecule has 0 N–H and O–H groups in total. The average Bonchev–Trinajstić information content (AvgIpc) is 2.87. The number of rotatable bonds is 8. The lowest BCUT2D eigenvalue weighted by Gasteiger charge is -2.36. The summed E-state index contributed by atoms with van der Waals surface area (Å²) in [5.41, 5.74) is 3.80. The number of ether oxygens (including phenoxy) is 2. The number of amides is 1. The molecule has 1 aliphatic rings. The number of hydrogen-bond donors (Lipinski definition) is 0. The van der Waals surface area contributed by atoms with Crippen LogP contribution in [0, 0.1) is 12.7 Å². The minimum atomic E-state index is -0.392. The molecule has 178 valence electrons. The largest absolute Gasteiger partial charge is 0.497 e. The van der Waals surface area contributed by atoms with Crippen molar-refractivity contribution >= 4 is 5.91 Å². The van der Waals surface area contributed by atoms with E-state index in [9.17, 15) is 9.18 Å². The van der Waals surface area contributed by atoms with Crippen molar-refractivity contribution in [1.29, 1.82) is 0 Å². The molecular weight excluding hydrogens is 431 g/mol. The number of piperazine rings is 1. The van der Waals surface area contributed by atoms with Crippen molar-refractivity contribution in [2.75, 3.05) is 39.8 Å². The van der Waals surface area contributed by atoms with Crippen LogP contribution in [0.5, 0.6) is 5.75 Å². The van der Waals surface area contributed by atoms with Gasteiger partial charge in [-0.3, -0.25) is 9.69 Å². The van der Waals surface area contributed by atoms with Crippen LogP contribution in [0.3, 0.4) is 0 Å². The van der Waals surface area contributed by atoms with Gasteiger partial charge in [0, 0.05) is 38.3 Å². The van der Waals surface area contributed by atoms with Crippen molar-refractivity contribution in [1.82, 2.24) is 9.80 Å². The van der Waals surface area contributed by atoms with Crippen molar-refractivity contribution in [3.05, 3.63) is 101 Å². The Bertz CT molecular complexity index is 1090. The van der Waals surface area contributed by atoms with Gasteiger partial charge < -0.3 is 14.4 Å². The van der Waals surface area contributed by atoms with Gasteiger partial charge in [-0.05, 0) is 48.4 Å². The Labute approximate surface area is 200 Å². The van der Waals surface area contributed by atoms with E-state index in [1.54, 1.807) is 24.1 Å². The molecule has 0 aliphatic carbocycles. The molecule has 0 bridgehead atoms. The highest BCUT2D eigenvalue weighted by Gasteiger charge is 2.25. The van der Waals surface area contributed by atoms with E-state index in [0.29, 0.717) is 31.8 Å². The molecule has 0 radical (unpaired) electrons. The first-order valence-corrected chi connectivity index (χ1v) is 11.6. The SMILES string of the molecule is COc1cccc([C@@H](CN2CCN(C(=O)c3cccc(F)c3)CC2)OCc2ccc(C)cc2)c1. The van der Waals surface area contributed by atoms with E-state index < -0.39 is 5.82 Å². The summed E-state index contributed by atoms with van der Waals surface area (Å²) < 4.78 is 25.3. The second-order valence-corrected chi connectivity index (χ2v) is 8.67. The Kier molecular flexibility index (Phi) is 7.93. The molecule has 1 aliphatic heterocycles. The third kappa shape index (κ3) is 6.22. The molecule has 6 heteroatoms. The van der Waals surface area contributed by atoms with Gasteiger partial charge in [-0.15, -0.1) is 0 Å². The fourth-order valence-corrected chi connectivity index (χ4v) is 4.15. The van der Waals surface area contributed by atoms with Crippen molar-refractivity contribution in [2.45, 2.75) is 19.6 Å². The van der Waals surface area contributed by atoms with Crippen LogP contribution < -0.4 is 4.74 Å². The molecule has 4 rings (SSSR count). The third-order valence-corrected chi connectivity index (χ3v) is 6.19. The maximum atomic E-state index is 13.5. The van der Waals surface area contributed by atoms with E-state index in [-0.39, 0.29) is 12.0 Å². The third-order valence-electron chi connectivity index (χ3n) is 6.19. The molecule has 34 heavy (non-hydrogen) atoms. The van der Waals surface area contributed by atoms with E-state index >= 15 is 0 Å². The van der Waals surface area contributed by atoms with Gasteiger partial charge in [0.25, 0.3) is 5.91 Å². The van der Waals surface area contributed by atoms with Gasteiger partial charge in [0.1, 0.15) is 11.6 Å². The maximum absolute atomic E-state index is 13.5.